The summed E-state index contributed by atoms with van der Waals surface area (Å²) in [6, 6.07) is 8.05. The summed E-state index contributed by atoms with van der Waals surface area (Å²) in [5.74, 6) is 0. The van der Waals surface area contributed by atoms with Crippen LogP contribution >= 0.6 is 11.8 Å². The summed E-state index contributed by atoms with van der Waals surface area (Å²) >= 11 is 1.68. The number of hydrogen-bond donors (Lipinski definition) is 0. The molecule has 1 aromatic carbocycles. The van der Waals surface area contributed by atoms with E-state index in [0.29, 0.717) is 5.56 Å². The fourth-order valence-corrected chi connectivity index (χ4v) is 1.93. The zero-order valence-electron chi connectivity index (χ0n) is 9.18. The monoisotopic (exact) mass is 232 g/mol. The third kappa shape index (κ3) is 2.02. The van der Waals surface area contributed by atoms with Crippen LogP contribution in [-0.4, -0.2) is 22.3 Å². The smallest absolute Gasteiger partial charge is 0.153 e. The highest BCUT2D eigenvalue weighted by atomic mass is 32.2. The molecule has 0 fully saturated rings. The first-order chi connectivity index (χ1) is 7.74. The summed E-state index contributed by atoms with van der Waals surface area (Å²) in [5, 5.41) is 4.30. The van der Waals surface area contributed by atoms with Crippen molar-refractivity contribution in [3.63, 3.8) is 0 Å². The lowest BCUT2D eigenvalue weighted by Gasteiger charge is -2.02. The number of aromatic nitrogens is 2. The Balaban J connectivity index is 2.45. The molecule has 0 unspecified atom stereocenters. The zero-order valence-corrected chi connectivity index (χ0v) is 9.99. The highest BCUT2D eigenvalue weighted by Crippen LogP contribution is 2.18. The first kappa shape index (κ1) is 11.0. The van der Waals surface area contributed by atoms with E-state index in [0.717, 1.165) is 17.7 Å². The second-order valence-corrected chi connectivity index (χ2v) is 4.31. The molecule has 0 aliphatic heterocycles. The number of aldehydes is 1. The van der Waals surface area contributed by atoms with Crippen molar-refractivity contribution in [1.29, 1.82) is 0 Å². The molecule has 1 heterocycles. The molecule has 0 aliphatic carbocycles. The van der Waals surface area contributed by atoms with Gasteiger partial charge in [0.2, 0.25) is 0 Å². The van der Waals surface area contributed by atoms with Crippen molar-refractivity contribution in [3.8, 4) is 5.69 Å². The molecule has 4 heteroatoms. The molecule has 16 heavy (non-hydrogen) atoms. The van der Waals surface area contributed by atoms with Crippen LogP contribution in [0.2, 0.25) is 0 Å². The average molecular weight is 232 g/mol. The van der Waals surface area contributed by atoms with E-state index in [1.54, 1.807) is 22.6 Å². The Kier molecular flexibility index (Phi) is 3.10. The van der Waals surface area contributed by atoms with Crippen LogP contribution < -0.4 is 0 Å². The van der Waals surface area contributed by atoms with Crippen LogP contribution in [0.1, 0.15) is 16.1 Å². The number of nitrogens with zero attached hydrogens (tertiary/aromatic N) is 2. The van der Waals surface area contributed by atoms with Gasteiger partial charge in [0.05, 0.1) is 16.9 Å². The van der Waals surface area contributed by atoms with E-state index in [4.69, 9.17) is 0 Å². The van der Waals surface area contributed by atoms with Crippen LogP contribution in [0.3, 0.4) is 0 Å². The Bertz CT molecular complexity index is 519. The SMILES string of the molecule is CSc1cccc(-n2cc(C=O)c(C)n2)c1. The second kappa shape index (κ2) is 4.53. The van der Waals surface area contributed by atoms with Crippen molar-refractivity contribution in [2.24, 2.45) is 0 Å². The van der Waals surface area contributed by atoms with Crippen LogP contribution in [0.15, 0.2) is 35.4 Å². The summed E-state index contributed by atoms with van der Waals surface area (Å²) in [4.78, 5) is 11.9. The van der Waals surface area contributed by atoms with E-state index in [1.807, 2.05) is 37.4 Å². The first-order valence-electron chi connectivity index (χ1n) is 4.90. The molecule has 0 saturated carbocycles. The van der Waals surface area contributed by atoms with Gasteiger partial charge in [0.1, 0.15) is 0 Å². The minimum atomic E-state index is 0.634. The van der Waals surface area contributed by atoms with Crippen molar-refractivity contribution >= 4 is 18.0 Å². The molecule has 1 aromatic heterocycles. The number of rotatable bonds is 3. The number of benzene rings is 1. The van der Waals surface area contributed by atoms with Crippen LogP contribution in [0.25, 0.3) is 5.69 Å². The maximum atomic E-state index is 10.7. The van der Waals surface area contributed by atoms with E-state index < -0.39 is 0 Å². The molecule has 0 bridgehead atoms. The molecule has 0 amide bonds. The summed E-state index contributed by atoms with van der Waals surface area (Å²) < 4.78 is 1.73. The van der Waals surface area contributed by atoms with E-state index >= 15 is 0 Å². The zero-order chi connectivity index (χ0) is 11.5. The molecule has 0 spiro atoms. The van der Waals surface area contributed by atoms with Gasteiger partial charge in [-0.1, -0.05) is 6.07 Å². The predicted molar refractivity (Wildman–Crippen MR) is 65.5 cm³/mol. The minimum absolute atomic E-state index is 0.634. The third-order valence-corrected chi connectivity index (χ3v) is 3.11. The van der Waals surface area contributed by atoms with Crippen LogP contribution in [-0.2, 0) is 0 Å². The number of carbonyl (C=O) groups excluding carboxylic acids is 1. The van der Waals surface area contributed by atoms with Crippen molar-refractivity contribution in [2.45, 2.75) is 11.8 Å². The van der Waals surface area contributed by atoms with Crippen molar-refractivity contribution in [2.75, 3.05) is 6.26 Å². The number of carbonyl (C=O) groups is 1. The number of hydrogen-bond acceptors (Lipinski definition) is 3. The number of aryl methyl sites for hydroxylation is 1. The van der Waals surface area contributed by atoms with Gasteiger partial charge in [0.15, 0.2) is 6.29 Å². The molecule has 0 saturated heterocycles. The van der Waals surface area contributed by atoms with Crippen molar-refractivity contribution < 1.29 is 4.79 Å². The third-order valence-electron chi connectivity index (χ3n) is 2.38. The van der Waals surface area contributed by atoms with Gasteiger partial charge >= 0.3 is 0 Å². The Morgan fingerprint density at radius 3 is 2.88 bits per heavy atom. The quantitative estimate of drug-likeness (QED) is 0.603. The van der Waals surface area contributed by atoms with Crippen molar-refractivity contribution in [1.82, 2.24) is 9.78 Å². The minimum Gasteiger partial charge on any atom is -0.298 e. The van der Waals surface area contributed by atoms with Gasteiger partial charge in [-0.25, -0.2) is 4.68 Å². The maximum Gasteiger partial charge on any atom is 0.153 e. The molecule has 0 radical (unpaired) electrons. The topological polar surface area (TPSA) is 34.9 Å². The van der Waals surface area contributed by atoms with Gasteiger partial charge in [-0.2, -0.15) is 5.10 Å². The molecular formula is C12H12N2OS. The normalized spacial score (nSPS) is 10.4. The fourth-order valence-electron chi connectivity index (χ4n) is 1.47. The van der Waals surface area contributed by atoms with Crippen LogP contribution in [0.4, 0.5) is 0 Å². The second-order valence-electron chi connectivity index (χ2n) is 3.43. The Morgan fingerprint density at radius 1 is 1.44 bits per heavy atom. The molecule has 0 aliphatic rings. The van der Waals surface area contributed by atoms with E-state index in [2.05, 4.69) is 5.10 Å². The summed E-state index contributed by atoms with van der Waals surface area (Å²) in [6.07, 6.45) is 4.61. The lowest BCUT2D eigenvalue weighted by Crippen LogP contribution is -1.94. The van der Waals surface area contributed by atoms with Gasteiger partial charge in [0, 0.05) is 11.1 Å². The molecular weight excluding hydrogens is 220 g/mol. The van der Waals surface area contributed by atoms with Gasteiger partial charge in [-0.05, 0) is 31.4 Å². The molecule has 0 atom stereocenters. The summed E-state index contributed by atoms with van der Waals surface area (Å²) in [6.45, 7) is 1.83. The molecule has 2 rings (SSSR count). The lowest BCUT2D eigenvalue weighted by atomic mass is 10.3. The molecule has 3 nitrogen and oxygen atoms in total. The van der Waals surface area contributed by atoms with Gasteiger partial charge in [-0.3, -0.25) is 4.79 Å². The van der Waals surface area contributed by atoms with E-state index in [9.17, 15) is 4.79 Å². The highest BCUT2D eigenvalue weighted by Gasteiger charge is 2.05. The first-order valence-corrected chi connectivity index (χ1v) is 6.13. The Hall–Kier alpha value is -1.55. The standard InChI is InChI=1S/C12H12N2OS/c1-9-10(8-15)7-14(13-9)11-4-3-5-12(6-11)16-2/h3-8H,1-2H3. The largest absolute Gasteiger partial charge is 0.298 e. The van der Waals surface area contributed by atoms with Gasteiger partial charge < -0.3 is 0 Å². The summed E-state index contributed by atoms with van der Waals surface area (Å²) in [7, 11) is 0. The van der Waals surface area contributed by atoms with Crippen molar-refractivity contribution in [3.05, 3.63) is 41.7 Å². The van der Waals surface area contributed by atoms with Crippen LogP contribution in [0, 0.1) is 6.92 Å². The molecule has 82 valence electrons. The molecule has 0 N–H and O–H groups in total. The van der Waals surface area contributed by atoms with E-state index in [1.165, 1.54) is 4.90 Å². The molecule has 2 aromatic rings. The highest BCUT2D eigenvalue weighted by molar-refractivity contribution is 7.98. The summed E-state index contributed by atoms with van der Waals surface area (Å²) in [5.41, 5.74) is 2.36. The van der Waals surface area contributed by atoms with Gasteiger partial charge in [0.25, 0.3) is 0 Å². The van der Waals surface area contributed by atoms with Gasteiger partial charge in [-0.15, -0.1) is 11.8 Å². The average Bonchev–Trinajstić information content (AvgIpc) is 2.71. The maximum absolute atomic E-state index is 10.7. The predicted octanol–water partition coefficient (Wildman–Crippen LogP) is 2.72. The van der Waals surface area contributed by atoms with Crippen LogP contribution in [0.5, 0.6) is 0 Å². The fraction of sp³-hybridized carbons (Fsp3) is 0.167. The number of thioether (sulfide) groups is 1. The van der Waals surface area contributed by atoms with E-state index in [-0.39, 0.29) is 0 Å². The lowest BCUT2D eigenvalue weighted by molar-refractivity contribution is 0.112. The Labute approximate surface area is 98.5 Å². The Morgan fingerprint density at radius 2 is 2.25 bits per heavy atom.